The quantitative estimate of drug-likeness (QED) is 0.870. The monoisotopic (exact) mass is 305 g/mol. The van der Waals surface area contributed by atoms with Crippen LogP contribution in [0.15, 0.2) is 22.0 Å². The molecule has 5 nitrogen and oxygen atoms in total. The predicted octanol–water partition coefficient (Wildman–Crippen LogP) is 3.16. The van der Waals surface area contributed by atoms with Crippen molar-refractivity contribution in [3.05, 3.63) is 34.1 Å². The molecule has 6 heteroatoms. The Labute approximate surface area is 128 Å². The van der Waals surface area contributed by atoms with Gasteiger partial charge in [0, 0.05) is 17.3 Å². The molecule has 1 aliphatic rings. The van der Waals surface area contributed by atoms with E-state index < -0.39 is 0 Å². The third-order valence-electron chi connectivity index (χ3n) is 3.73. The molecule has 1 unspecified atom stereocenters. The first-order chi connectivity index (χ1) is 10.1. The van der Waals surface area contributed by atoms with E-state index in [0.29, 0.717) is 18.1 Å². The number of hydrogen-bond donors (Lipinski definition) is 0. The zero-order valence-corrected chi connectivity index (χ0v) is 13.1. The molecule has 1 saturated heterocycles. The lowest BCUT2D eigenvalue weighted by Gasteiger charge is -2.21. The third-order valence-corrected chi connectivity index (χ3v) is 4.60. The molecule has 1 fully saturated rings. The van der Waals surface area contributed by atoms with Gasteiger partial charge in [0.2, 0.25) is 11.8 Å². The largest absolute Gasteiger partial charge is 0.339 e. The van der Waals surface area contributed by atoms with Gasteiger partial charge in [-0.25, -0.2) is 0 Å². The van der Waals surface area contributed by atoms with Gasteiger partial charge in [0.05, 0.1) is 12.5 Å². The molecule has 1 aliphatic heterocycles. The second-order valence-electron chi connectivity index (χ2n) is 5.65. The van der Waals surface area contributed by atoms with Crippen LogP contribution >= 0.6 is 11.3 Å². The van der Waals surface area contributed by atoms with Gasteiger partial charge in [-0.05, 0) is 24.3 Å². The molecule has 0 N–H and O–H groups in total. The lowest BCUT2D eigenvalue weighted by atomic mass is 10.2. The van der Waals surface area contributed by atoms with Crippen molar-refractivity contribution in [3.63, 3.8) is 0 Å². The number of amides is 1. The van der Waals surface area contributed by atoms with Gasteiger partial charge in [-0.2, -0.15) is 4.98 Å². The van der Waals surface area contributed by atoms with Gasteiger partial charge >= 0.3 is 0 Å². The first kappa shape index (κ1) is 14.3. The lowest BCUT2D eigenvalue weighted by Crippen LogP contribution is -2.32. The van der Waals surface area contributed by atoms with Gasteiger partial charge in [-0.1, -0.05) is 25.1 Å². The van der Waals surface area contributed by atoms with Crippen LogP contribution in [0.2, 0.25) is 0 Å². The molecule has 0 radical (unpaired) electrons. The third kappa shape index (κ3) is 3.00. The summed E-state index contributed by atoms with van der Waals surface area (Å²) in [6, 6.07) is 3.94. The number of aromatic nitrogens is 2. The molecule has 3 heterocycles. The Morgan fingerprint density at radius 1 is 1.57 bits per heavy atom. The highest BCUT2D eigenvalue weighted by molar-refractivity contribution is 7.10. The molecular formula is C15H19N3O2S. The number of likely N-dealkylation sites (tertiary alicyclic amines) is 1. The van der Waals surface area contributed by atoms with E-state index in [1.165, 1.54) is 0 Å². The van der Waals surface area contributed by atoms with E-state index >= 15 is 0 Å². The van der Waals surface area contributed by atoms with E-state index in [-0.39, 0.29) is 17.9 Å². The molecule has 1 atom stereocenters. The average molecular weight is 305 g/mol. The summed E-state index contributed by atoms with van der Waals surface area (Å²) in [5, 5.41) is 6.07. The van der Waals surface area contributed by atoms with Gasteiger partial charge in [0.25, 0.3) is 0 Å². The first-order valence-electron chi connectivity index (χ1n) is 7.30. The number of rotatable bonds is 4. The minimum atomic E-state index is -0.0336. The zero-order chi connectivity index (χ0) is 14.8. The van der Waals surface area contributed by atoms with Crippen LogP contribution in [-0.4, -0.2) is 27.5 Å². The molecule has 1 amide bonds. The highest BCUT2D eigenvalue weighted by atomic mass is 32.1. The molecule has 2 aromatic heterocycles. The maximum Gasteiger partial charge on any atom is 0.229 e. The van der Waals surface area contributed by atoms with Crippen molar-refractivity contribution in [2.75, 3.05) is 6.54 Å². The summed E-state index contributed by atoms with van der Waals surface area (Å²) in [7, 11) is 0. The summed E-state index contributed by atoms with van der Waals surface area (Å²) in [5.41, 5.74) is 0. The van der Waals surface area contributed by atoms with Crippen LogP contribution in [0.3, 0.4) is 0 Å². The van der Waals surface area contributed by atoms with Crippen LogP contribution in [0.1, 0.15) is 55.2 Å². The molecule has 0 aromatic carbocycles. The highest BCUT2D eigenvalue weighted by Gasteiger charge is 2.33. The average Bonchev–Trinajstić information content (AvgIpc) is 3.19. The van der Waals surface area contributed by atoms with E-state index in [4.69, 9.17) is 4.52 Å². The van der Waals surface area contributed by atoms with Crippen molar-refractivity contribution in [1.29, 1.82) is 0 Å². The smallest absolute Gasteiger partial charge is 0.229 e. The molecule has 112 valence electrons. The summed E-state index contributed by atoms with van der Waals surface area (Å²) < 4.78 is 5.28. The van der Waals surface area contributed by atoms with E-state index in [2.05, 4.69) is 10.1 Å². The molecule has 0 aliphatic carbocycles. The molecular weight excluding hydrogens is 286 g/mol. The van der Waals surface area contributed by atoms with Gasteiger partial charge in [-0.3, -0.25) is 4.79 Å². The Hall–Kier alpha value is -1.69. The van der Waals surface area contributed by atoms with Gasteiger partial charge in [-0.15, -0.1) is 11.3 Å². The van der Waals surface area contributed by atoms with Crippen LogP contribution in [0, 0.1) is 0 Å². The predicted molar refractivity (Wildman–Crippen MR) is 80.1 cm³/mol. The SMILES string of the molecule is CC(C)c1nc(C2CCCN2C(=O)Cc2cccs2)no1. The molecule has 3 rings (SSSR count). The summed E-state index contributed by atoms with van der Waals surface area (Å²) in [6.07, 6.45) is 2.36. The number of nitrogens with zero attached hydrogens (tertiary/aromatic N) is 3. The van der Waals surface area contributed by atoms with Crippen LogP contribution < -0.4 is 0 Å². The van der Waals surface area contributed by atoms with Crippen molar-refractivity contribution in [2.24, 2.45) is 0 Å². The molecule has 0 spiro atoms. The van der Waals surface area contributed by atoms with E-state index in [1.54, 1.807) is 11.3 Å². The van der Waals surface area contributed by atoms with Gasteiger partial charge in [0.15, 0.2) is 5.82 Å². The minimum Gasteiger partial charge on any atom is -0.339 e. The van der Waals surface area contributed by atoms with Crippen molar-refractivity contribution in [3.8, 4) is 0 Å². The van der Waals surface area contributed by atoms with E-state index in [9.17, 15) is 4.79 Å². The molecule has 2 aromatic rings. The topological polar surface area (TPSA) is 59.2 Å². The Balaban J connectivity index is 1.73. The molecule has 0 saturated carbocycles. The van der Waals surface area contributed by atoms with Crippen molar-refractivity contribution < 1.29 is 9.32 Å². The molecule has 0 bridgehead atoms. The number of carbonyl (C=O) groups is 1. The van der Waals surface area contributed by atoms with Crippen LogP contribution in [-0.2, 0) is 11.2 Å². The second kappa shape index (κ2) is 5.97. The van der Waals surface area contributed by atoms with E-state index in [1.807, 2.05) is 36.3 Å². The Bertz CT molecular complexity index is 606. The van der Waals surface area contributed by atoms with Gasteiger partial charge in [0.1, 0.15) is 0 Å². The summed E-state index contributed by atoms with van der Waals surface area (Å²) in [5.74, 6) is 1.65. The fourth-order valence-electron chi connectivity index (χ4n) is 2.61. The summed E-state index contributed by atoms with van der Waals surface area (Å²) >= 11 is 1.62. The Morgan fingerprint density at radius 2 is 2.43 bits per heavy atom. The van der Waals surface area contributed by atoms with Crippen molar-refractivity contribution >= 4 is 17.2 Å². The Morgan fingerprint density at radius 3 is 3.10 bits per heavy atom. The summed E-state index contributed by atoms with van der Waals surface area (Å²) in [4.78, 5) is 19.9. The fraction of sp³-hybridized carbons (Fsp3) is 0.533. The minimum absolute atomic E-state index is 0.0336. The highest BCUT2D eigenvalue weighted by Crippen LogP contribution is 2.31. The fourth-order valence-corrected chi connectivity index (χ4v) is 3.31. The number of carbonyl (C=O) groups excluding carboxylic acids is 1. The standard InChI is InChI=1S/C15H19N3O2S/c1-10(2)15-16-14(17-20-15)12-6-3-7-18(12)13(19)9-11-5-4-8-21-11/h4-5,8,10,12H,3,6-7,9H2,1-2H3. The van der Waals surface area contributed by atoms with Gasteiger partial charge < -0.3 is 9.42 Å². The summed E-state index contributed by atoms with van der Waals surface area (Å²) in [6.45, 7) is 4.82. The van der Waals surface area contributed by atoms with Crippen LogP contribution in [0.5, 0.6) is 0 Å². The van der Waals surface area contributed by atoms with Crippen LogP contribution in [0.25, 0.3) is 0 Å². The maximum atomic E-state index is 12.5. The molecule has 21 heavy (non-hydrogen) atoms. The second-order valence-corrected chi connectivity index (χ2v) is 6.68. The maximum absolute atomic E-state index is 12.5. The van der Waals surface area contributed by atoms with Crippen molar-refractivity contribution in [2.45, 2.75) is 45.1 Å². The van der Waals surface area contributed by atoms with Crippen LogP contribution in [0.4, 0.5) is 0 Å². The number of hydrogen-bond acceptors (Lipinski definition) is 5. The Kier molecular flexibility index (Phi) is 4.05. The zero-order valence-electron chi connectivity index (χ0n) is 12.3. The first-order valence-corrected chi connectivity index (χ1v) is 8.18. The lowest BCUT2D eigenvalue weighted by molar-refractivity contribution is -0.131. The van der Waals surface area contributed by atoms with Crippen molar-refractivity contribution in [1.82, 2.24) is 15.0 Å². The number of thiophene rings is 1. The normalized spacial score (nSPS) is 18.6. The van der Waals surface area contributed by atoms with E-state index in [0.717, 1.165) is 24.3 Å².